The van der Waals surface area contributed by atoms with Gasteiger partial charge in [-0.05, 0) is 30.7 Å². The van der Waals surface area contributed by atoms with Crippen molar-refractivity contribution < 1.29 is 13.7 Å². The highest BCUT2D eigenvalue weighted by Gasteiger charge is 2.22. The fourth-order valence-electron chi connectivity index (χ4n) is 3.48. The van der Waals surface area contributed by atoms with Crippen molar-refractivity contribution in [1.29, 1.82) is 0 Å². The van der Waals surface area contributed by atoms with Gasteiger partial charge in [0.05, 0.1) is 10.7 Å². The van der Waals surface area contributed by atoms with Gasteiger partial charge in [0, 0.05) is 44.6 Å². The normalized spacial score (nSPS) is 14.2. The molecule has 6 nitrogen and oxygen atoms in total. The molecule has 156 valence electrons. The van der Waals surface area contributed by atoms with Gasteiger partial charge in [-0.1, -0.05) is 41.0 Å². The number of carbonyl (C=O) groups is 1. The molecule has 1 amide bonds. The van der Waals surface area contributed by atoms with Crippen molar-refractivity contribution in [3.63, 3.8) is 0 Å². The predicted molar refractivity (Wildman–Crippen MR) is 113 cm³/mol. The van der Waals surface area contributed by atoms with Gasteiger partial charge < -0.3 is 14.3 Å². The van der Waals surface area contributed by atoms with E-state index >= 15 is 0 Å². The Kier molecular flexibility index (Phi) is 5.99. The van der Waals surface area contributed by atoms with Crippen LogP contribution in [-0.2, 0) is 11.2 Å². The van der Waals surface area contributed by atoms with Crippen LogP contribution in [0.3, 0.4) is 0 Å². The van der Waals surface area contributed by atoms with E-state index in [2.05, 4.69) is 15.0 Å². The zero-order chi connectivity index (χ0) is 21.1. The summed E-state index contributed by atoms with van der Waals surface area (Å²) in [7, 11) is 0. The number of aryl methyl sites for hydroxylation is 2. The molecule has 1 saturated heterocycles. The lowest BCUT2D eigenvalue weighted by Gasteiger charge is -2.36. The van der Waals surface area contributed by atoms with E-state index in [1.165, 1.54) is 6.07 Å². The van der Waals surface area contributed by atoms with Crippen LogP contribution in [0.5, 0.6) is 0 Å². The summed E-state index contributed by atoms with van der Waals surface area (Å²) in [5.74, 6) is 0.429. The molecule has 0 bridgehead atoms. The summed E-state index contributed by atoms with van der Waals surface area (Å²) in [5, 5.41) is 4.62. The van der Waals surface area contributed by atoms with Crippen LogP contribution >= 0.6 is 11.6 Å². The van der Waals surface area contributed by atoms with E-state index in [0.29, 0.717) is 42.4 Å². The molecule has 4 rings (SSSR count). The van der Waals surface area contributed by atoms with Gasteiger partial charge in [0.15, 0.2) is 0 Å². The summed E-state index contributed by atoms with van der Waals surface area (Å²) in [6, 6.07) is 12.5. The number of aromatic nitrogens is 2. The van der Waals surface area contributed by atoms with E-state index in [-0.39, 0.29) is 18.1 Å². The van der Waals surface area contributed by atoms with E-state index in [4.69, 9.17) is 16.1 Å². The van der Waals surface area contributed by atoms with Gasteiger partial charge in [-0.15, -0.1) is 0 Å². The maximum Gasteiger partial charge on any atom is 0.227 e. The lowest BCUT2D eigenvalue weighted by Crippen LogP contribution is -2.48. The second kappa shape index (κ2) is 8.83. The summed E-state index contributed by atoms with van der Waals surface area (Å²) in [6.45, 7) is 4.45. The zero-order valence-corrected chi connectivity index (χ0v) is 17.4. The van der Waals surface area contributed by atoms with Gasteiger partial charge in [-0.2, -0.15) is 4.98 Å². The molecule has 2 aromatic carbocycles. The third kappa shape index (κ3) is 4.46. The molecular weight excluding hydrogens is 407 g/mol. The molecule has 1 aromatic heterocycles. The molecular formula is C22H22ClFN4O2. The number of amides is 1. The molecule has 0 aliphatic carbocycles. The van der Waals surface area contributed by atoms with E-state index < -0.39 is 0 Å². The quantitative estimate of drug-likeness (QED) is 0.611. The van der Waals surface area contributed by atoms with E-state index in [0.717, 1.165) is 23.8 Å². The Morgan fingerprint density at radius 2 is 1.93 bits per heavy atom. The predicted octanol–water partition coefficient (Wildman–Crippen LogP) is 4.12. The van der Waals surface area contributed by atoms with Gasteiger partial charge in [0.2, 0.25) is 17.6 Å². The maximum absolute atomic E-state index is 13.7. The van der Waals surface area contributed by atoms with E-state index in [9.17, 15) is 9.18 Å². The second-order valence-electron chi connectivity index (χ2n) is 7.29. The van der Waals surface area contributed by atoms with Crippen LogP contribution < -0.4 is 4.90 Å². The average molecular weight is 429 g/mol. The molecule has 30 heavy (non-hydrogen) atoms. The van der Waals surface area contributed by atoms with E-state index in [1.54, 1.807) is 19.1 Å². The van der Waals surface area contributed by atoms with Crippen molar-refractivity contribution in [2.24, 2.45) is 0 Å². The first-order valence-electron chi connectivity index (χ1n) is 9.87. The van der Waals surface area contributed by atoms with E-state index in [1.807, 2.05) is 29.2 Å². The summed E-state index contributed by atoms with van der Waals surface area (Å²) >= 11 is 6.27. The number of rotatable bonds is 5. The van der Waals surface area contributed by atoms with Crippen LogP contribution in [0.4, 0.5) is 10.1 Å². The standard InChI is InChI=1S/C22H22ClFN4O2/c1-15-6-7-16(14-18(15)24)22-25-20(30-26-22)8-9-21(29)28-12-10-27(11-13-28)19-5-3-2-4-17(19)23/h2-7,14H,8-13H2,1H3. The molecule has 1 aliphatic heterocycles. The number of nitrogens with zero attached hydrogens (tertiary/aromatic N) is 4. The Morgan fingerprint density at radius 3 is 2.67 bits per heavy atom. The van der Waals surface area contributed by atoms with Crippen LogP contribution in [0.2, 0.25) is 5.02 Å². The number of benzene rings is 2. The number of hydrogen-bond acceptors (Lipinski definition) is 5. The third-order valence-corrected chi connectivity index (χ3v) is 5.60. The average Bonchev–Trinajstić information content (AvgIpc) is 3.23. The van der Waals surface area contributed by atoms with Crippen molar-refractivity contribution >= 4 is 23.2 Å². The number of carbonyl (C=O) groups excluding carboxylic acids is 1. The third-order valence-electron chi connectivity index (χ3n) is 5.28. The Bertz CT molecular complexity index is 1050. The summed E-state index contributed by atoms with van der Waals surface area (Å²) in [4.78, 5) is 20.9. The van der Waals surface area contributed by atoms with Gasteiger partial charge in [0.25, 0.3) is 0 Å². The molecule has 8 heteroatoms. The van der Waals surface area contributed by atoms with Crippen molar-refractivity contribution in [2.45, 2.75) is 19.8 Å². The highest BCUT2D eigenvalue weighted by atomic mass is 35.5. The molecule has 0 saturated carbocycles. The maximum atomic E-state index is 13.7. The van der Waals surface area contributed by atoms with Crippen LogP contribution in [-0.4, -0.2) is 47.1 Å². The van der Waals surface area contributed by atoms with Crippen LogP contribution in [0.15, 0.2) is 47.0 Å². The number of hydrogen-bond donors (Lipinski definition) is 0. The van der Waals surface area contributed by atoms with Gasteiger partial charge >= 0.3 is 0 Å². The number of piperazine rings is 1. The smallest absolute Gasteiger partial charge is 0.227 e. The lowest BCUT2D eigenvalue weighted by atomic mass is 10.1. The Balaban J connectivity index is 1.30. The fraction of sp³-hybridized carbons (Fsp3) is 0.318. The molecule has 0 unspecified atom stereocenters. The first kappa shape index (κ1) is 20.3. The minimum absolute atomic E-state index is 0.0509. The highest BCUT2D eigenvalue weighted by Crippen LogP contribution is 2.26. The van der Waals surface area contributed by atoms with Gasteiger partial charge in [0.1, 0.15) is 5.82 Å². The number of halogens is 2. The monoisotopic (exact) mass is 428 g/mol. The Hall–Kier alpha value is -2.93. The molecule has 3 aromatic rings. The minimum atomic E-state index is -0.315. The van der Waals surface area contributed by atoms with Crippen molar-refractivity contribution in [2.75, 3.05) is 31.1 Å². The Labute approximate surface area is 179 Å². The number of para-hydroxylation sites is 1. The lowest BCUT2D eigenvalue weighted by molar-refractivity contribution is -0.131. The molecule has 1 aliphatic rings. The first-order valence-corrected chi connectivity index (χ1v) is 10.3. The molecule has 2 heterocycles. The van der Waals surface area contributed by atoms with Gasteiger partial charge in [-0.3, -0.25) is 4.79 Å². The SMILES string of the molecule is Cc1ccc(-c2noc(CCC(=O)N3CCN(c4ccccc4Cl)CC3)n2)cc1F. The second-order valence-corrected chi connectivity index (χ2v) is 7.70. The minimum Gasteiger partial charge on any atom is -0.367 e. The summed E-state index contributed by atoms with van der Waals surface area (Å²) in [6.07, 6.45) is 0.640. The topological polar surface area (TPSA) is 62.5 Å². The van der Waals surface area contributed by atoms with Crippen molar-refractivity contribution in [1.82, 2.24) is 15.0 Å². The van der Waals surface area contributed by atoms with Crippen LogP contribution in [0.1, 0.15) is 17.9 Å². The first-order chi connectivity index (χ1) is 14.5. The molecule has 0 spiro atoms. The van der Waals surface area contributed by atoms with Crippen LogP contribution in [0.25, 0.3) is 11.4 Å². The van der Waals surface area contributed by atoms with Crippen molar-refractivity contribution in [3.05, 3.63) is 64.8 Å². The Morgan fingerprint density at radius 1 is 1.17 bits per heavy atom. The number of anilines is 1. The molecule has 0 atom stereocenters. The summed E-state index contributed by atoms with van der Waals surface area (Å²) < 4.78 is 19.0. The zero-order valence-electron chi connectivity index (χ0n) is 16.6. The van der Waals surface area contributed by atoms with Gasteiger partial charge in [-0.25, -0.2) is 4.39 Å². The fourth-order valence-corrected chi connectivity index (χ4v) is 3.74. The van der Waals surface area contributed by atoms with Crippen LogP contribution in [0, 0.1) is 12.7 Å². The molecule has 1 fully saturated rings. The van der Waals surface area contributed by atoms with Crippen molar-refractivity contribution in [3.8, 4) is 11.4 Å². The highest BCUT2D eigenvalue weighted by molar-refractivity contribution is 6.33. The molecule has 0 radical (unpaired) electrons. The summed E-state index contributed by atoms with van der Waals surface area (Å²) in [5.41, 5.74) is 2.11. The molecule has 0 N–H and O–H groups in total. The largest absolute Gasteiger partial charge is 0.367 e.